The van der Waals surface area contributed by atoms with E-state index in [0.29, 0.717) is 6.42 Å². The Morgan fingerprint density at radius 2 is 2.27 bits per heavy atom. The molecule has 1 heterocycles. The normalized spacial score (nSPS) is 14.9. The van der Waals surface area contributed by atoms with E-state index in [1.54, 1.807) is 17.1 Å². The number of hydrogen-bond donors (Lipinski definition) is 1. The lowest BCUT2D eigenvalue weighted by molar-refractivity contribution is 0.132. The topological polar surface area (TPSA) is 61.8 Å². The maximum atomic E-state index is 9.90. The second kappa shape index (κ2) is 4.94. The fourth-order valence-electron chi connectivity index (χ4n) is 1.41. The molecule has 0 aliphatic rings. The van der Waals surface area contributed by atoms with Crippen molar-refractivity contribution in [2.75, 3.05) is 0 Å². The third-order valence-corrected chi connectivity index (χ3v) is 2.48. The predicted molar refractivity (Wildman–Crippen MR) is 57.0 cm³/mol. The molecule has 82 valence electrons. The lowest BCUT2D eigenvalue weighted by Gasteiger charge is -2.12. The summed E-state index contributed by atoms with van der Waals surface area (Å²) in [7, 11) is 0. The van der Waals surface area contributed by atoms with E-state index in [2.05, 4.69) is 11.2 Å². The minimum Gasteiger partial charge on any atom is -0.387 e. The van der Waals surface area contributed by atoms with E-state index < -0.39 is 6.10 Å². The number of aliphatic hydroxyl groups excluding tert-OH is 1. The van der Waals surface area contributed by atoms with Crippen LogP contribution in [0.5, 0.6) is 0 Å². The Morgan fingerprint density at radius 3 is 2.67 bits per heavy atom. The molecule has 0 aliphatic heterocycles. The van der Waals surface area contributed by atoms with Crippen LogP contribution < -0.4 is 0 Å². The highest BCUT2D eigenvalue weighted by Crippen LogP contribution is 2.24. The molecule has 1 N–H and O–H groups in total. The van der Waals surface area contributed by atoms with Crippen molar-refractivity contribution in [1.29, 1.82) is 5.26 Å². The van der Waals surface area contributed by atoms with E-state index in [-0.39, 0.29) is 12.0 Å². The summed E-state index contributed by atoms with van der Waals surface area (Å²) in [5.41, 5.74) is 0.720. The molecule has 0 spiro atoms. The van der Waals surface area contributed by atoms with Crippen LogP contribution in [0.4, 0.5) is 0 Å². The van der Waals surface area contributed by atoms with Gasteiger partial charge in [0.2, 0.25) is 0 Å². The van der Waals surface area contributed by atoms with Crippen LogP contribution in [0, 0.1) is 17.2 Å². The minimum absolute atomic E-state index is 0.271. The number of rotatable bonds is 4. The fourth-order valence-corrected chi connectivity index (χ4v) is 1.41. The molecule has 1 aromatic heterocycles. The Bertz CT molecular complexity index is 351. The average molecular weight is 207 g/mol. The third kappa shape index (κ3) is 2.57. The summed E-state index contributed by atoms with van der Waals surface area (Å²) >= 11 is 0. The Balaban J connectivity index is 2.83. The summed E-state index contributed by atoms with van der Waals surface area (Å²) < 4.78 is 1.78. The summed E-state index contributed by atoms with van der Waals surface area (Å²) in [5, 5.41) is 22.9. The summed E-state index contributed by atoms with van der Waals surface area (Å²) in [6, 6.07) is 2.37. The average Bonchev–Trinajstić information content (AvgIpc) is 2.68. The van der Waals surface area contributed by atoms with E-state index >= 15 is 0 Å². The Hall–Kier alpha value is -1.34. The van der Waals surface area contributed by atoms with Crippen LogP contribution >= 0.6 is 0 Å². The number of hydrogen-bond acceptors (Lipinski definition) is 3. The van der Waals surface area contributed by atoms with Crippen LogP contribution in [0.1, 0.15) is 44.9 Å². The van der Waals surface area contributed by atoms with Gasteiger partial charge in [0, 0.05) is 17.8 Å². The standard InChI is InChI=1S/C11H17N3O/c1-4-9(5-12)11(15)10-6-13-14(7-10)8(2)3/h6-9,11,15H,4H2,1-3H3. The zero-order valence-electron chi connectivity index (χ0n) is 9.38. The second-order valence-electron chi connectivity index (χ2n) is 3.94. The van der Waals surface area contributed by atoms with Gasteiger partial charge in [0.05, 0.1) is 24.3 Å². The predicted octanol–water partition coefficient (Wildman–Crippen LogP) is 2.05. The highest BCUT2D eigenvalue weighted by molar-refractivity contribution is 5.12. The number of nitriles is 1. The molecule has 1 aromatic rings. The molecule has 1 rings (SSSR count). The van der Waals surface area contributed by atoms with Gasteiger partial charge >= 0.3 is 0 Å². The summed E-state index contributed by atoms with van der Waals surface area (Å²) in [5.74, 6) is -0.352. The van der Waals surface area contributed by atoms with Crippen molar-refractivity contribution in [2.24, 2.45) is 5.92 Å². The van der Waals surface area contributed by atoms with Crippen LogP contribution in [-0.2, 0) is 0 Å². The fraction of sp³-hybridized carbons (Fsp3) is 0.636. The zero-order chi connectivity index (χ0) is 11.4. The van der Waals surface area contributed by atoms with E-state index in [9.17, 15) is 5.11 Å². The van der Waals surface area contributed by atoms with Gasteiger partial charge in [-0.05, 0) is 20.3 Å². The largest absolute Gasteiger partial charge is 0.387 e. The second-order valence-corrected chi connectivity index (χ2v) is 3.94. The van der Waals surface area contributed by atoms with Gasteiger partial charge in [-0.25, -0.2) is 0 Å². The molecule has 0 bridgehead atoms. The molecule has 0 radical (unpaired) electrons. The van der Waals surface area contributed by atoms with Gasteiger partial charge in [-0.3, -0.25) is 4.68 Å². The Labute approximate surface area is 90.1 Å². The smallest absolute Gasteiger partial charge is 0.0978 e. The molecule has 0 fully saturated rings. The first-order chi connectivity index (χ1) is 7.10. The van der Waals surface area contributed by atoms with Crippen molar-refractivity contribution in [1.82, 2.24) is 9.78 Å². The van der Waals surface area contributed by atoms with Gasteiger partial charge in [-0.1, -0.05) is 6.92 Å². The summed E-state index contributed by atoms with van der Waals surface area (Å²) in [6.07, 6.45) is 3.34. The van der Waals surface area contributed by atoms with Gasteiger partial charge in [0.1, 0.15) is 0 Å². The third-order valence-electron chi connectivity index (χ3n) is 2.48. The van der Waals surface area contributed by atoms with Crippen molar-refractivity contribution < 1.29 is 5.11 Å². The van der Waals surface area contributed by atoms with E-state index in [1.165, 1.54) is 0 Å². The molecule has 2 atom stereocenters. The monoisotopic (exact) mass is 207 g/mol. The molecule has 0 saturated heterocycles. The van der Waals surface area contributed by atoms with Crippen LogP contribution in [0.3, 0.4) is 0 Å². The highest BCUT2D eigenvalue weighted by Gasteiger charge is 2.20. The maximum absolute atomic E-state index is 9.90. The Morgan fingerprint density at radius 1 is 1.60 bits per heavy atom. The molecular weight excluding hydrogens is 190 g/mol. The van der Waals surface area contributed by atoms with E-state index in [4.69, 9.17) is 5.26 Å². The van der Waals surface area contributed by atoms with Crippen LogP contribution in [0.2, 0.25) is 0 Å². The molecule has 15 heavy (non-hydrogen) atoms. The first kappa shape index (κ1) is 11.7. The molecule has 0 amide bonds. The Kier molecular flexibility index (Phi) is 3.87. The number of aliphatic hydroxyl groups is 1. The van der Waals surface area contributed by atoms with Crippen molar-refractivity contribution in [3.05, 3.63) is 18.0 Å². The number of nitrogens with zero attached hydrogens (tertiary/aromatic N) is 3. The van der Waals surface area contributed by atoms with Crippen molar-refractivity contribution in [3.63, 3.8) is 0 Å². The maximum Gasteiger partial charge on any atom is 0.0978 e. The van der Waals surface area contributed by atoms with Crippen molar-refractivity contribution >= 4 is 0 Å². The molecule has 2 unspecified atom stereocenters. The van der Waals surface area contributed by atoms with Gasteiger partial charge in [0.15, 0.2) is 0 Å². The molecule has 0 saturated carbocycles. The quantitative estimate of drug-likeness (QED) is 0.821. The SMILES string of the molecule is CCC(C#N)C(O)c1cnn(C(C)C)c1. The summed E-state index contributed by atoms with van der Waals surface area (Å²) in [6.45, 7) is 5.93. The van der Waals surface area contributed by atoms with Gasteiger partial charge in [0.25, 0.3) is 0 Å². The number of aromatic nitrogens is 2. The van der Waals surface area contributed by atoms with Crippen molar-refractivity contribution in [3.8, 4) is 6.07 Å². The molecule has 0 aromatic carbocycles. The molecular formula is C11H17N3O. The first-order valence-corrected chi connectivity index (χ1v) is 5.21. The molecule has 4 nitrogen and oxygen atoms in total. The van der Waals surface area contributed by atoms with Gasteiger partial charge in [-0.15, -0.1) is 0 Å². The lowest BCUT2D eigenvalue weighted by Crippen LogP contribution is -2.09. The van der Waals surface area contributed by atoms with E-state index in [1.807, 2.05) is 20.8 Å². The summed E-state index contributed by atoms with van der Waals surface area (Å²) in [4.78, 5) is 0. The van der Waals surface area contributed by atoms with E-state index in [0.717, 1.165) is 5.56 Å². The van der Waals surface area contributed by atoms with Crippen LogP contribution in [0.25, 0.3) is 0 Å². The van der Waals surface area contributed by atoms with Crippen LogP contribution in [-0.4, -0.2) is 14.9 Å². The highest BCUT2D eigenvalue weighted by atomic mass is 16.3. The molecule has 0 aliphatic carbocycles. The zero-order valence-corrected chi connectivity index (χ0v) is 9.38. The minimum atomic E-state index is -0.729. The van der Waals surface area contributed by atoms with Gasteiger partial charge in [-0.2, -0.15) is 10.4 Å². The van der Waals surface area contributed by atoms with Gasteiger partial charge < -0.3 is 5.11 Å². The van der Waals surface area contributed by atoms with Crippen LogP contribution in [0.15, 0.2) is 12.4 Å². The van der Waals surface area contributed by atoms with Crippen molar-refractivity contribution in [2.45, 2.75) is 39.3 Å². The molecule has 4 heteroatoms. The lowest BCUT2D eigenvalue weighted by atomic mass is 9.97. The first-order valence-electron chi connectivity index (χ1n) is 5.21.